The first-order valence-corrected chi connectivity index (χ1v) is 6.52. The van der Waals surface area contributed by atoms with E-state index in [0.29, 0.717) is 5.92 Å². The molecule has 0 spiro atoms. The van der Waals surface area contributed by atoms with Crippen LogP contribution < -0.4 is 5.73 Å². The Hall–Kier alpha value is -2.36. The van der Waals surface area contributed by atoms with Crippen molar-refractivity contribution in [2.75, 3.05) is 5.73 Å². The van der Waals surface area contributed by atoms with E-state index in [9.17, 15) is 0 Å². The van der Waals surface area contributed by atoms with Crippen molar-refractivity contribution >= 4 is 16.6 Å². The van der Waals surface area contributed by atoms with Gasteiger partial charge in [-0.15, -0.1) is 0 Å². The summed E-state index contributed by atoms with van der Waals surface area (Å²) in [5, 5.41) is 5.65. The Morgan fingerprint density at radius 2 is 2.00 bits per heavy atom. The first-order valence-electron chi connectivity index (χ1n) is 6.52. The van der Waals surface area contributed by atoms with Crippen LogP contribution in [0.3, 0.4) is 0 Å². The molecule has 4 nitrogen and oxygen atoms in total. The molecule has 2 N–H and O–H groups in total. The predicted molar refractivity (Wildman–Crippen MR) is 75.3 cm³/mol. The Morgan fingerprint density at radius 1 is 1.11 bits per heavy atom. The fourth-order valence-electron chi connectivity index (χ4n) is 2.32. The van der Waals surface area contributed by atoms with E-state index in [1.165, 1.54) is 18.5 Å². The van der Waals surface area contributed by atoms with Gasteiger partial charge in [-0.25, -0.2) is 9.67 Å². The summed E-state index contributed by atoms with van der Waals surface area (Å²) in [4.78, 5) is 4.62. The van der Waals surface area contributed by atoms with Gasteiger partial charge in [0.15, 0.2) is 5.82 Å². The second-order valence-electron chi connectivity index (χ2n) is 5.08. The first-order chi connectivity index (χ1) is 9.29. The third-order valence-corrected chi connectivity index (χ3v) is 3.54. The summed E-state index contributed by atoms with van der Waals surface area (Å²) >= 11 is 0. The lowest BCUT2D eigenvalue weighted by Gasteiger charge is -2.03. The molecule has 2 heterocycles. The van der Waals surface area contributed by atoms with Crippen LogP contribution in [0.25, 0.3) is 16.7 Å². The van der Waals surface area contributed by atoms with E-state index >= 15 is 0 Å². The number of hydrogen-bond acceptors (Lipinski definition) is 3. The van der Waals surface area contributed by atoms with Crippen molar-refractivity contribution in [1.29, 1.82) is 0 Å². The largest absolute Gasteiger partial charge is 0.399 e. The van der Waals surface area contributed by atoms with E-state index in [1.54, 1.807) is 0 Å². The molecule has 4 rings (SSSR count). The first kappa shape index (κ1) is 10.6. The van der Waals surface area contributed by atoms with Crippen molar-refractivity contribution in [1.82, 2.24) is 14.8 Å². The molecule has 19 heavy (non-hydrogen) atoms. The van der Waals surface area contributed by atoms with Crippen LogP contribution in [0.5, 0.6) is 0 Å². The van der Waals surface area contributed by atoms with Crippen LogP contribution in [0.1, 0.15) is 24.5 Å². The number of benzene rings is 1. The van der Waals surface area contributed by atoms with Gasteiger partial charge in [-0.3, -0.25) is 0 Å². The van der Waals surface area contributed by atoms with Crippen molar-refractivity contribution < 1.29 is 0 Å². The molecule has 0 aliphatic heterocycles. The molecule has 1 aliphatic carbocycles. The van der Waals surface area contributed by atoms with E-state index in [-0.39, 0.29) is 0 Å². The quantitative estimate of drug-likeness (QED) is 0.711. The highest BCUT2D eigenvalue weighted by Crippen LogP contribution is 2.39. The molecule has 1 saturated carbocycles. The van der Waals surface area contributed by atoms with Crippen LogP contribution in [0.15, 0.2) is 42.6 Å². The maximum Gasteiger partial charge on any atom is 0.154 e. The lowest BCUT2D eigenvalue weighted by atomic mass is 10.2. The number of fused-ring (bicyclic) bond motifs is 1. The number of anilines is 1. The predicted octanol–water partition coefficient (Wildman–Crippen LogP) is 2.88. The number of aromatic nitrogens is 3. The molecule has 94 valence electrons. The molecule has 4 heteroatoms. The van der Waals surface area contributed by atoms with Crippen LogP contribution in [0.4, 0.5) is 5.69 Å². The Kier molecular flexibility index (Phi) is 2.12. The SMILES string of the molecule is Nc1ccc2nc(-n3ccc(C4CC4)n3)ccc2c1. The molecule has 0 radical (unpaired) electrons. The van der Waals surface area contributed by atoms with E-state index < -0.39 is 0 Å². The molecule has 1 aromatic carbocycles. The molecular formula is C15H14N4. The highest BCUT2D eigenvalue weighted by Gasteiger charge is 2.25. The number of nitrogen functional groups attached to an aromatic ring is 1. The molecule has 0 atom stereocenters. The van der Waals surface area contributed by atoms with Crippen LogP contribution >= 0.6 is 0 Å². The number of hydrogen-bond donors (Lipinski definition) is 1. The zero-order chi connectivity index (χ0) is 12.8. The van der Waals surface area contributed by atoms with Gasteiger partial charge in [-0.2, -0.15) is 5.10 Å². The van der Waals surface area contributed by atoms with Gasteiger partial charge in [-0.05, 0) is 49.2 Å². The average Bonchev–Trinajstić information content (AvgIpc) is 3.16. The van der Waals surface area contributed by atoms with Crippen LogP contribution in [-0.4, -0.2) is 14.8 Å². The van der Waals surface area contributed by atoms with Crippen molar-refractivity contribution in [2.24, 2.45) is 0 Å². The monoisotopic (exact) mass is 250 g/mol. The highest BCUT2D eigenvalue weighted by molar-refractivity contribution is 5.82. The maximum atomic E-state index is 5.77. The lowest BCUT2D eigenvalue weighted by molar-refractivity contribution is 0.817. The summed E-state index contributed by atoms with van der Waals surface area (Å²) in [6.45, 7) is 0. The Bertz CT molecular complexity index is 756. The van der Waals surface area contributed by atoms with Gasteiger partial charge in [0.2, 0.25) is 0 Å². The van der Waals surface area contributed by atoms with Gasteiger partial charge in [-0.1, -0.05) is 0 Å². The molecule has 0 unspecified atom stereocenters. The summed E-state index contributed by atoms with van der Waals surface area (Å²) < 4.78 is 1.85. The van der Waals surface area contributed by atoms with Crippen LogP contribution in [0.2, 0.25) is 0 Å². The summed E-state index contributed by atoms with van der Waals surface area (Å²) in [5.41, 5.74) is 8.65. The lowest BCUT2D eigenvalue weighted by Crippen LogP contribution is -1.99. The molecule has 3 aromatic rings. The minimum atomic E-state index is 0.668. The average molecular weight is 250 g/mol. The molecule has 2 aromatic heterocycles. The van der Waals surface area contributed by atoms with Crippen LogP contribution in [0, 0.1) is 0 Å². The fraction of sp³-hybridized carbons (Fsp3) is 0.200. The Balaban J connectivity index is 1.78. The highest BCUT2D eigenvalue weighted by atomic mass is 15.3. The van der Waals surface area contributed by atoms with Crippen molar-refractivity contribution in [3.8, 4) is 5.82 Å². The molecule has 0 saturated heterocycles. The molecule has 0 bridgehead atoms. The number of rotatable bonds is 2. The number of pyridine rings is 1. The second-order valence-corrected chi connectivity index (χ2v) is 5.08. The molecule has 1 aliphatic rings. The van der Waals surface area contributed by atoms with E-state index in [2.05, 4.69) is 16.1 Å². The Labute approximate surface area is 110 Å². The third-order valence-electron chi connectivity index (χ3n) is 3.54. The Morgan fingerprint density at radius 3 is 2.84 bits per heavy atom. The fourth-order valence-corrected chi connectivity index (χ4v) is 2.32. The van der Waals surface area contributed by atoms with Gasteiger partial charge in [0.25, 0.3) is 0 Å². The molecule has 1 fully saturated rings. The van der Waals surface area contributed by atoms with Gasteiger partial charge in [0.05, 0.1) is 11.2 Å². The van der Waals surface area contributed by atoms with Gasteiger partial charge >= 0.3 is 0 Å². The molecule has 0 amide bonds. The maximum absolute atomic E-state index is 5.77. The minimum Gasteiger partial charge on any atom is -0.399 e. The number of nitrogens with zero attached hydrogens (tertiary/aromatic N) is 3. The number of nitrogens with two attached hydrogens (primary N) is 1. The topological polar surface area (TPSA) is 56.7 Å². The normalized spacial score (nSPS) is 14.9. The van der Waals surface area contributed by atoms with Crippen molar-refractivity contribution in [2.45, 2.75) is 18.8 Å². The molecular weight excluding hydrogens is 236 g/mol. The van der Waals surface area contributed by atoms with Gasteiger partial charge < -0.3 is 5.73 Å². The van der Waals surface area contributed by atoms with Crippen molar-refractivity contribution in [3.63, 3.8) is 0 Å². The zero-order valence-corrected chi connectivity index (χ0v) is 10.5. The smallest absolute Gasteiger partial charge is 0.154 e. The summed E-state index contributed by atoms with van der Waals surface area (Å²) in [6, 6.07) is 11.9. The summed E-state index contributed by atoms with van der Waals surface area (Å²) in [7, 11) is 0. The third kappa shape index (κ3) is 1.85. The van der Waals surface area contributed by atoms with E-state index in [0.717, 1.165) is 22.4 Å². The summed E-state index contributed by atoms with van der Waals surface area (Å²) in [6.07, 6.45) is 4.52. The van der Waals surface area contributed by atoms with E-state index in [1.807, 2.05) is 41.2 Å². The summed E-state index contributed by atoms with van der Waals surface area (Å²) in [5.74, 6) is 1.52. The van der Waals surface area contributed by atoms with Crippen molar-refractivity contribution in [3.05, 3.63) is 48.3 Å². The van der Waals surface area contributed by atoms with Gasteiger partial charge in [0, 0.05) is 23.2 Å². The van der Waals surface area contributed by atoms with Gasteiger partial charge in [0.1, 0.15) is 0 Å². The minimum absolute atomic E-state index is 0.668. The standard InChI is InChI=1S/C15H14N4/c16-12-4-5-13-11(9-12)3-6-15(17-13)19-8-7-14(18-19)10-1-2-10/h3-10H,1-2,16H2. The van der Waals surface area contributed by atoms with Crippen LogP contribution in [-0.2, 0) is 0 Å². The van der Waals surface area contributed by atoms with E-state index in [4.69, 9.17) is 5.73 Å². The zero-order valence-electron chi connectivity index (χ0n) is 10.5. The second kappa shape index (κ2) is 3.82.